The zero-order valence-electron chi connectivity index (χ0n) is 9.84. The van der Waals surface area contributed by atoms with Gasteiger partial charge >= 0.3 is 12.0 Å². The van der Waals surface area contributed by atoms with Crippen molar-refractivity contribution < 1.29 is 14.7 Å². The van der Waals surface area contributed by atoms with E-state index in [9.17, 15) is 9.59 Å². The molecular weight excluding hydrogens is 256 g/mol. The van der Waals surface area contributed by atoms with Gasteiger partial charge in [-0.15, -0.1) is 11.8 Å². The average molecular weight is 270 g/mol. The number of H-pyrrole nitrogens is 1. The van der Waals surface area contributed by atoms with E-state index in [-0.39, 0.29) is 6.03 Å². The van der Waals surface area contributed by atoms with E-state index in [1.165, 1.54) is 16.7 Å². The molecule has 0 spiro atoms. The number of carbonyl (C=O) groups excluding carboxylic acids is 1. The monoisotopic (exact) mass is 270 g/mol. The van der Waals surface area contributed by atoms with Crippen LogP contribution in [-0.2, 0) is 11.3 Å². The van der Waals surface area contributed by atoms with E-state index in [1.54, 1.807) is 6.20 Å². The molecule has 1 aliphatic heterocycles. The van der Waals surface area contributed by atoms with Crippen LogP contribution >= 0.6 is 11.8 Å². The minimum absolute atomic E-state index is 0.342. The lowest BCUT2D eigenvalue weighted by molar-refractivity contribution is -0.140. The van der Waals surface area contributed by atoms with Crippen molar-refractivity contribution in [2.24, 2.45) is 0 Å². The largest absolute Gasteiger partial charge is 0.480 e. The number of carboxylic acid groups (broad SMARTS) is 1. The number of hydrogen-bond acceptors (Lipinski definition) is 4. The Morgan fingerprint density at radius 3 is 3.11 bits per heavy atom. The molecule has 2 amide bonds. The van der Waals surface area contributed by atoms with Crippen LogP contribution in [-0.4, -0.2) is 49.9 Å². The fraction of sp³-hybridized carbons (Fsp3) is 0.500. The first kappa shape index (κ1) is 12.7. The summed E-state index contributed by atoms with van der Waals surface area (Å²) >= 11 is 1.44. The highest BCUT2D eigenvalue weighted by molar-refractivity contribution is 7.99. The molecule has 0 aliphatic carbocycles. The SMILES string of the molecule is Cc1[nH]ncc1CNC(=O)N1CSCC1C(=O)O. The number of aliphatic carboxylic acids is 1. The molecule has 1 aromatic rings. The number of aromatic nitrogens is 2. The Labute approximate surface area is 108 Å². The zero-order chi connectivity index (χ0) is 13.1. The van der Waals surface area contributed by atoms with Crippen molar-refractivity contribution in [3.8, 4) is 0 Å². The first-order valence-electron chi connectivity index (χ1n) is 5.43. The lowest BCUT2D eigenvalue weighted by atomic mass is 10.2. The maximum Gasteiger partial charge on any atom is 0.327 e. The van der Waals surface area contributed by atoms with Gasteiger partial charge in [0.05, 0.1) is 12.1 Å². The maximum atomic E-state index is 11.9. The van der Waals surface area contributed by atoms with Gasteiger partial charge in [-0.1, -0.05) is 0 Å². The summed E-state index contributed by atoms with van der Waals surface area (Å²) in [7, 11) is 0. The number of aryl methyl sites for hydroxylation is 1. The van der Waals surface area contributed by atoms with Crippen molar-refractivity contribution in [1.82, 2.24) is 20.4 Å². The van der Waals surface area contributed by atoms with E-state index >= 15 is 0 Å². The number of carboxylic acids is 1. The van der Waals surface area contributed by atoms with Crippen LogP contribution < -0.4 is 5.32 Å². The number of carbonyl (C=O) groups is 2. The van der Waals surface area contributed by atoms with Crippen LogP contribution in [0.15, 0.2) is 6.20 Å². The molecule has 0 radical (unpaired) electrons. The second-order valence-corrected chi connectivity index (χ2v) is 5.00. The van der Waals surface area contributed by atoms with Crippen LogP contribution in [0, 0.1) is 6.92 Å². The Morgan fingerprint density at radius 1 is 1.72 bits per heavy atom. The molecule has 0 saturated carbocycles. The molecule has 7 nitrogen and oxygen atoms in total. The summed E-state index contributed by atoms with van der Waals surface area (Å²) in [5, 5.41) is 18.3. The highest BCUT2D eigenvalue weighted by Gasteiger charge is 2.34. The van der Waals surface area contributed by atoms with Crippen molar-refractivity contribution in [2.75, 3.05) is 11.6 Å². The second-order valence-electron chi connectivity index (χ2n) is 4.00. The van der Waals surface area contributed by atoms with Gasteiger partial charge in [-0.25, -0.2) is 9.59 Å². The Balaban J connectivity index is 1.92. The molecule has 18 heavy (non-hydrogen) atoms. The minimum Gasteiger partial charge on any atom is -0.480 e. The van der Waals surface area contributed by atoms with Crippen LogP contribution in [0.2, 0.25) is 0 Å². The first-order valence-corrected chi connectivity index (χ1v) is 6.59. The average Bonchev–Trinajstić information content (AvgIpc) is 2.94. The molecule has 1 unspecified atom stereocenters. The molecule has 2 heterocycles. The number of nitrogens with zero attached hydrogens (tertiary/aromatic N) is 2. The Morgan fingerprint density at radius 2 is 2.50 bits per heavy atom. The fourth-order valence-electron chi connectivity index (χ4n) is 1.67. The van der Waals surface area contributed by atoms with E-state index in [1.807, 2.05) is 6.92 Å². The van der Waals surface area contributed by atoms with E-state index < -0.39 is 12.0 Å². The van der Waals surface area contributed by atoms with E-state index in [0.29, 0.717) is 18.2 Å². The van der Waals surface area contributed by atoms with Crippen molar-refractivity contribution >= 4 is 23.8 Å². The molecule has 0 bridgehead atoms. The van der Waals surface area contributed by atoms with Gasteiger partial charge in [0.1, 0.15) is 6.04 Å². The molecule has 1 fully saturated rings. The molecule has 1 aromatic heterocycles. The van der Waals surface area contributed by atoms with Crippen LogP contribution in [0.25, 0.3) is 0 Å². The lowest BCUT2D eigenvalue weighted by Crippen LogP contribution is -2.46. The molecular formula is C10H14N4O3S. The number of thioether (sulfide) groups is 1. The maximum absolute atomic E-state index is 11.9. The van der Waals surface area contributed by atoms with Crippen LogP contribution in [0.5, 0.6) is 0 Å². The van der Waals surface area contributed by atoms with E-state index in [4.69, 9.17) is 5.11 Å². The fourth-order valence-corrected chi connectivity index (χ4v) is 2.82. The number of hydrogen-bond donors (Lipinski definition) is 3. The molecule has 1 atom stereocenters. The Bertz CT molecular complexity index is 462. The predicted molar refractivity (Wildman–Crippen MR) is 66.1 cm³/mol. The molecule has 1 saturated heterocycles. The van der Waals surface area contributed by atoms with Gasteiger partial charge in [0.15, 0.2) is 0 Å². The third-order valence-electron chi connectivity index (χ3n) is 2.79. The molecule has 3 N–H and O–H groups in total. The van der Waals surface area contributed by atoms with Gasteiger partial charge in [0, 0.05) is 23.6 Å². The molecule has 1 aliphatic rings. The zero-order valence-corrected chi connectivity index (χ0v) is 10.7. The third-order valence-corrected chi connectivity index (χ3v) is 3.80. The number of rotatable bonds is 3. The highest BCUT2D eigenvalue weighted by atomic mass is 32.2. The molecule has 8 heteroatoms. The standard InChI is InChI=1S/C10H14N4O3S/c1-6-7(3-12-13-6)2-11-10(17)14-5-18-4-8(14)9(15)16/h3,8H,2,4-5H2,1H3,(H,11,17)(H,12,13)(H,15,16). The van der Waals surface area contributed by atoms with Crippen LogP contribution in [0.3, 0.4) is 0 Å². The normalized spacial score (nSPS) is 18.9. The van der Waals surface area contributed by atoms with Crippen LogP contribution in [0.1, 0.15) is 11.3 Å². The van der Waals surface area contributed by atoms with Gasteiger partial charge in [0.25, 0.3) is 0 Å². The summed E-state index contributed by atoms with van der Waals surface area (Å²) in [6.07, 6.45) is 1.64. The Hall–Kier alpha value is -1.70. The summed E-state index contributed by atoms with van der Waals surface area (Å²) in [5.74, 6) is -0.115. The molecule has 0 aromatic carbocycles. The van der Waals surface area contributed by atoms with Crippen molar-refractivity contribution in [1.29, 1.82) is 0 Å². The summed E-state index contributed by atoms with van der Waals surface area (Å²) in [6, 6.07) is -1.09. The second kappa shape index (κ2) is 5.30. The van der Waals surface area contributed by atoms with E-state index in [0.717, 1.165) is 11.3 Å². The molecule has 2 rings (SSSR count). The van der Waals surface area contributed by atoms with Gasteiger partial charge in [-0.05, 0) is 6.92 Å². The summed E-state index contributed by atoms with van der Waals surface area (Å²) < 4.78 is 0. The smallest absolute Gasteiger partial charge is 0.327 e. The van der Waals surface area contributed by atoms with Gasteiger partial charge < -0.3 is 15.3 Å². The van der Waals surface area contributed by atoms with Crippen molar-refractivity contribution in [3.63, 3.8) is 0 Å². The van der Waals surface area contributed by atoms with Gasteiger partial charge in [0.2, 0.25) is 0 Å². The molecule has 98 valence electrons. The Kier molecular flexibility index (Phi) is 3.75. The number of nitrogens with one attached hydrogen (secondary N) is 2. The summed E-state index contributed by atoms with van der Waals surface area (Å²) in [5.41, 5.74) is 1.78. The number of amides is 2. The van der Waals surface area contributed by atoms with Crippen LogP contribution in [0.4, 0.5) is 4.79 Å². The minimum atomic E-state index is -0.963. The summed E-state index contributed by atoms with van der Waals surface area (Å²) in [6.45, 7) is 2.20. The predicted octanol–water partition coefficient (Wildman–Crippen LogP) is 0.387. The van der Waals surface area contributed by atoms with E-state index in [2.05, 4.69) is 15.5 Å². The number of urea groups is 1. The topological polar surface area (TPSA) is 98.3 Å². The summed E-state index contributed by atoms with van der Waals surface area (Å²) in [4.78, 5) is 24.2. The highest BCUT2D eigenvalue weighted by Crippen LogP contribution is 2.20. The van der Waals surface area contributed by atoms with Crippen molar-refractivity contribution in [2.45, 2.75) is 19.5 Å². The number of aromatic amines is 1. The third kappa shape index (κ3) is 2.58. The van der Waals surface area contributed by atoms with Crippen molar-refractivity contribution in [3.05, 3.63) is 17.5 Å². The first-order chi connectivity index (χ1) is 8.59. The van der Waals surface area contributed by atoms with Gasteiger partial charge in [-0.3, -0.25) is 5.10 Å². The van der Waals surface area contributed by atoms with Gasteiger partial charge in [-0.2, -0.15) is 5.10 Å². The lowest BCUT2D eigenvalue weighted by Gasteiger charge is -2.20. The quantitative estimate of drug-likeness (QED) is 0.738.